The van der Waals surface area contributed by atoms with Crippen molar-refractivity contribution in [3.63, 3.8) is 0 Å². The number of carbonyl (C=O) groups is 1. The van der Waals surface area contributed by atoms with Gasteiger partial charge in [-0.2, -0.15) is 0 Å². The van der Waals surface area contributed by atoms with E-state index in [1.165, 1.54) is 12.1 Å². The molecular weight excluding hydrogens is 211 g/mol. The number of rotatable bonds is 4. The maximum absolute atomic E-state index is 12.9. The van der Waals surface area contributed by atoms with Crippen LogP contribution in [0.5, 0.6) is 5.75 Å². The predicted octanol–water partition coefficient (Wildman–Crippen LogP) is 0.885. The van der Waals surface area contributed by atoms with Gasteiger partial charge < -0.3 is 10.8 Å². The monoisotopic (exact) mass is 226 g/mol. The normalized spacial score (nSPS) is 11.4. The molecule has 0 aliphatic heterocycles. The van der Waals surface area contributed by atoms with E-state index in [2.05, 4.69) is 5.32 Å². The first-order chi connectivity index (χ1) is 7.31. The summed E-state index contributed by atoms with van der Waals surface area (Å²) < 4.78 is 12.9. The summed E-state index contributed by atoms with van der Waals surface area (Å²) in [5, 5.41) is 12.0. The summed E-state index contributed by atoms with van der Waals surface area (Å²) in [4.78, 5) is 11.0. The zero-order valence-electron chi connectivity index (χ0n) is 9.25. The molecule has 0 spiro atoms. The smallest absolute Gasteiger partial charge is 0.237 e. The van der Waals surface area contributed by atoms with Crippen molar-refractivity contribution < 1.29 is 14.3 Å². The van der Waals surface area contributed by atoms with Gasteiger partial charge in [0.05, 0.1) is 5.54 Å². The average Bonchev–Trinajstić information content (AvgIpc) is 2.13. The van der Waals surface area contributed by atoms with Crippen molar-refractivity contribution in [3.05, 3.63) is 29.6 Å². The molecule has 1 aromatic rings. The molecule has 1 aromatic carbocycles. The van der Waals surface area contributed by atoms with Crippen LogP contribution in [-0.4, -0.2) is 16.6 Å². The Bertz CT molecular complexity index is 385. The van der Waals surface area contributed by atoms with E-state index < -0.39 is 17.3 Å². The lowest BCUT2D eigenvalue weighted by atomic mass is 10.0. The third kappa shape index (κ3) is 3.20. The summed E-state index contributed by atoms with van der Waals surface area (Å²) in [6.45, 7) is 3.52. The highest BCUT2D eigenvalue weighted by molar-refractivity contribution is 5.83. The summed E-state index contributed by atoms with van der Waals surface area (Å²) in [6.07, 6.45) is 0. The molecule has 0 heterocycles. The van der Waals surface area contributed by atoms with Gasteiger partial charge in [0.1, 0.15) is 11.6 Å². The number of nitrogens with one attached hydrogen (secondary N) is 1. The Labute approximate surface area is 93.3 Å². The van der Waals surface area contributed by atoms with Gasteiger partial charge in [-0.1, -0.05) is 0 Å². The quantitative estimate of drug-likeness (QED) is 0.713. The molecule has 16 heavy (non-hydrogen) atoms. The third-order valence-corrected chi connectivity index (χ3v) is 2.29. The van der Waals surface area contributed by atoms with Crippen LogP contribution in [0.2, 0.25) is 0 Å². The number of carbonyl (C=O) groups excluding carboxylic acids is 1. The molecule has 0 saturated carbocycles. The summed E-state index contributed by atoms with van der Waals surface area (Å²) in [5.41, 5.74) is 4.84. The highest BCUT2D eigenvalue weighted by atomic mass is 19.1. The lowest BCUT2D eigenvalue weighted by Crippen LogP contribution is -2.50. The SMILES string of the molecule is CC(C)(NCc1cc(O)cc(F)c1)C(N)=O. The van der Waals surface area contributed by atoms with Gasteiger partial charge in [0.25, 0.3) is 0 Å². The molecule has 0 aliphatic carbocycles. The minimum absolute atomic E-state index is 0.145. The van der Waals surface area contributed by atoms with Gasteiger partial charge in [-0.05, 0) is 31.5 Å². The van der Waals surface area contributed by atoms with Gasteiger partial charge in [0, 0.05) is 12.6 Å². The van der Waals surface area contributed by atoms with E-state index in [9.17, 15) is 14.3 Å². The van der Waals surface area contributed by atoms with Crippen molar-refractivity contribution in [2.45, 2.75) is 25.9 Å². The molecule has 0 atom stereocenters. The number of amides is 1. The van der Waals surface area contributed by atoms with Crippen LogP contribution in [0, 0.1) is 5.82 Å². The molecule has 4 N–H and O–H groups in total. The van der Waals surface area contributed by atoms with Gasteiger partial charge in [0.15, 0.2) is 0 Å². The zero-order chi connectivity index (χ0) is 12.3. The number of benzene rings is 1. The number of halogens is 1. The Morgan fingerprint density at radius 3 is 2.62 bits per heavy atom. The number of hydrogen-bond acceptors (Lipinski definition) is 3. The van der Waals surface area contributed by atoms with Gasteiger partial charge in [0.2, 0.25) is 5.91 Å². The van der Waals surface area contributed by atoms with Gasteiger partial charge in [-0.25, -0.2) is 4.39 Å². The van der Waals surface area contributed by atoms with Crippen LogP contribution in [-0.2, 0) is 11.3 Å². The highest BCUT2D eigenvalue weighted by Gasteiger charge is 2.23. The van der Waals surface area contributed by atoms with Gasteiger partial charge in [-0.15, -0.1) is 0 Å². The minimum atomic E-state index is -0.873. The summed E-state index contributed by atoms with van der Waals surface area (Å²) in [5.74, 6) is -1.16. The van der Waals surface area contributed by atoms with Crippen molar-refractivity contribution in [2.75, 3.05) is 0 Å². The van der Waals surface area contributed by atoms with E-state index in [1.54, 1.807) is 13.8 Å². The number of primary amides is 1. The van der Waals surface area contributed by atoms with E-state index in [0.29, 0.717) is 5.56 Å². The van der Waals surface area contributed by atoms with Crippen molar-refractivity contribution in [1.82, 2.24) is 5.32 Å². The number of aromatic hydroxyl groups is 1. The van der Waals surface area contributed by atoms with Crippen molar-refractivity contribution in [2.24, 2.45) is 5.73 Å². The molecular formula is C11H15FN2O2. The Morgan fingerprint density at radius 1 is 1.50 bits per heavy atom. The first-order valence-corrected chi connectivity index (χ1v) is 4.84. The van der Waals surface area contributed by atoms with Gasteiger partial charge >= 0.3 is 0 Å². The van der Waals surface area contributed by atoms with Crippen LogP contribution in [0.4, 0.5) is 4.39 Å². The van der Waals surface area contributed by atoms with E-state index in [1.807, 2.05) is 0 Å². The third-order valence-electron chi connectivity index (χ3n) is 2.29. The topological polar surface area (TPSA) is 75.3 Å². The Balaban J connectivity index is 2.71. The molecule has 1 rings (SSSR count). The highest BCUT2D eigenvalue weighted by Crippen LogP contribution is 2.15. The predicted molar refractivity (Wildman–Crippen MR) is 58.2 cm³/mol. The molecule has 88 valence electrons. The average molecular weight is 226 g/mol. The standard InChI is InChI=1S/C11H15FN2O2/c1-11(2,10(13)16)14-6-7-3-8(12)5-9(15)4-7/h3-5,14-15H,6H2,1-2H3,(H2,13,16). The minimum Gasteiger partial charge on any atom is -0.508 e. The lowest BCUT2D eigenvalue weighted by molar-refractivity contribution is -0.123. The molecule has 0 bridgehead atoms. The zero-order valence-corrected chi connectivity index (χ0v) is 9.25. The fourth-order valence-electron chi connectivity index (χ4n) is 1.15. The molecule has 0 aliphatic rings. The summed E-state index contributed by atoms with van der Waals surface area (Å²) >= 11 is 0. The van der Waals surface area contributed by atoms with Crippen LogP contribution >= 0.6 is 0 Å². The number of phenols is 1. The van der Waals surface area contributed by atoms with Crippen LogP contribution in [0.15, 0.2) is 18.2 Å². The van der Waals surface area contributed by atoms with Crippen LogP contribution in [0.3, 0.4) is 0 Å². The molecule has 0 aromatic heterocycles. The summed E-state index contributed by atoms with van der Waals surface area (Å²) in [7, 11) is 0. The summed E-state index contributed by atoms with van der Waals surface area (Å²) in [6, 6.07) is 3.72. The van der Waals surface area contributed by atoms with Crippen LogP contribution in [0.1, 0.15) is 19.4 Å². The first kappa shape index (κ1) is 12.4. The first-order valence-electron chi connectivity index (χ1n) is 4.84. The van der Waals surface area contributed by atoms with E-state index in [0.717, 1.165) is 6.07 Å². The molecule has 0 radical (unpaired) electrons. The molecule has 4 nitrogen and oxygen atoms in total. The second-order valence-electron chi connectivity index (χ2n) is 4.16. The van der Waals surface area contributed by atoms with Crippen molar-refractivity contribution in [3.8, 4) is 5.75 Å². The Morgan fingerprint density at radius 2 is 2.12 bits per heavy atom. The molecule has 0 fully saturated rings. The number of nitrogens with two attached hydrogens (primary N) is 1. The number of hydrogen-bond donors (Lipinski definition) is 3. The van der Waals surface area contributed by atoms with Crippen molar-refractivity contribution >= 4 is 5.91 Å². The molecule has 1 amide bonds. The largest absolute Gasteiger partial charge is 0.508 e. The lowest BCUT2D eigenvalue weighted by Gasteiger charge is -2.22. The fraction of sp³-hybridized carbons (Fsp3) is 0.364. The molecule has 0 saturated heterocycles. The second kappa shape index (κ2) is 4.49. The number of phenolic OH excluding ortho intramolecular Hbond substituents is 1. The van der Waals surface area contributed by atoms with Gasteiger partial charge in [-0.3, -0.25) is 10.1 Å². The van der Waals surface area contributed by atoms with E-state index in [-0.39, 0.29) is 12.3 Å². The van der Waals surface area contributed by atoms with E-state index >= 15 is 0 Å². The second-order valence-corrected chi connectivity index (χ2v) is 4.16. The maximum Gasteiger partial charge on any atom is 0.237 e. The Hall–Kier alpha value is -1.62. The van der Waals surface area contributed by atoms with E-state index in [4.69, 9.17) is 5.73 Å². The Kier molecular flexibility index (Phi) is 3.49. The maximum atomic E-state index is 12.9. The van der Waals surface area contributed by atoms with Crippen molar-refractivity contribution in [1.29, 1.82) is 0 Å². The van der Waals surface area contributed by atoms with Crippen LogP contribution in [0.25, 0.3) is 0 Å². The molecule has 0 unspecified atom stereocenters. The molecule has 5 heteroatoms. The van der Waals surface area contributed by atoms with Crippen LogP contribution < -0.4 is 11.1 Å². The fourth-order valence-corrected chi connectivity index (χ4v) is 1.15.